The van der Waals surface area contributed by atoms with Gasteiger partial charge >= 0.3 is 0 Å². The molecule has 1 aromatic heterocycles. The summed E-state index contributed by atoms with van der Waals surface area (Å²) in [5.74, 6) is -0.145. The number of nitrogens with one attached hydrogen (secondary N) is 1. The molecule has 4 rings (SSSR count). The molecule has 0 bridgehead atoms. The predicted octanol–water partition coefficient (Wildman–Crippen LogP) is 2.06. The van der Waals surface area contributed by atoms with Gasteiger partial charge in [-0.2, -0.15) is 5.10 Å². The van der Waals surface area contributed by atoms with E-state index in [1.807, 2.05) is 0 Å². The van der Waals surface area contributed by atoms with Gasteiger partial charge in [0.25, 0.3) is 5.91 Å². The van der Waals surface area contributed by atoms with Gasteiger partial charge < -0.3 is 19.6 Å². The van der Waals surface area contributed by atoms with E-state index < -0.39 is 5.60 Å². The average Bonchev–Trinajstić information content (AvgIpc) is 3.25. The number of hydrogen-bond acceptors (Lipinski definition) is 5. The van der Waals surface area contributed by atoms with Crippen LogP contribution >= 0.6 is 0 Å². The summed E-state index contributed by atoms with van der Waals surface area (Å²) in [6.07, 6.45) is 6.07. The average molecular weight is 402 g/mol. The van der Waals surface area contributed by atoms with E-state index in [2.05, 4.69) is 15.1 Å². The Morgan fingerprint density at radius 2 is 2.10 bits per heavy atom. The first-order valence-corrected chi connectivity index (χ1v) is 10.2. The molecule has 3 heterocycles. The molecule has 2 aliphatic heterocycles. The maximum Gasteiger partial charge on any atom is 0.257 e. The number of amides is 1. The summed E-state index contributed by atoms with van der Waals surface area (Å²) in [4.78, 5) is 16.5. The summed E-state index contributed by atoms with van der Waals surface area (Å²) in [6.45, 7) is 3.04. The summed E-state index contributed by atoms with van der Waals surface area (Å²) in [6, 6.07) is 6.47. The van der Waals surface area contributed by atoms with E-state index in [9.17, 15) is 14.3 Å². The highest BCUT2D eigenvalue weighted by molar-refractivity contribution is 5.93. The van der Waals surface area contributed by atoms with Crippen LogP contribution in [0.5, 0.6) is 5.75 Å². The van der Waals surface area contributed by atoms with Crippen molar-refractivity contribution >= 4 is 5.91 Å². The number of hydrogen-bond donors (Lipinski definition) is 2. The van der Waals surface area contributed by atoms with Crippen molar-refractivity contribution in [1.82, 2.24) is 20.0 Å². The third-order valence-electron chi connectivity index (χ3n) is 5.77. The van der Waals surface area contributed by atoms with Gasteiger partial charge in [0.2, 0.25) is 0 Å². The Labute approximate surface area is 169 Å². The van der Waals surface area contributed by atoms with Gasteiger partial charge in [-0.15, -0.1) is 0 Å². The predicted molar refractivity (Wildman–Crippen MR) is 105 cm³/mol. The molecule has 1 aromatic carbocycles. The van der Waals surface area contributed by atoms with Crippen LogP contribution in [0.25, 0.3) is 0 Å². The summed E-state index contributed by atoms with van der Waals surface area (Å²) in [5, 5.41) is 17.6. The topological polar surface area (TPSA) is 81.7 Å². The SMILES string of the molecule is O=C(c1cn[nH]c1)N1CCCC(O)(CN2CCC(Oc3ccccc3F)CC2)C1. The van der Waals surface area contributed by atoms with E-state index in [1.165, 1.54) is 12.3 Å². The van der Waals surface area contributed by atoms with Crippen LogP contribution in [-0.4, -0.2) is 75.4 Å². The van der Waals surface area contributed by atoms with Gasteiger partial charge in [-0.3, -0.25) is 9.89 Å². The number of halogens is 1. The van der Waals surface area contributed by atoms with Gasteiger partial charge in [-0.25, -0.2) is 4.39 Å². The molecule has 2 aromatic rings. The standard InChI is InChI=1S/C21H27FN4O3/c22-18-4-1-2-5-19(18)29-17-6-10-25(11-7-17)14-21(28)8-3-9-26(15-21)20(27)16-12-23-24-13-16/h1-2,4-5,12-13,17,28H,3,6-11,14-15H2,(H,23,24). The molecule has 1 atom stereocenters. The Balaban J connectivity index is 1.29. The fourth-order valence-electron chi connectivity index (χ4n) is 4.29. The Kier molecular flexibility index (Phi) is 5.82. The van der Waals surface area contributed by atoms with Crippen molar-refractivity contribution in [2.45, 2.75) is 37.4 Å². The Hall–Kier alpha value is -2.45. The number of aromatic amines is 1. The molecule has 2 N–H and O–H groups in total. The number of ether oxygens (including phenoxy) is 1. The van der Waals surface area contributed by atoms with Crippen molar-refractivity contribution in [3.05, 3.63) is 48.0 Å². The molecule has 0 radical (unpaired) electrons. The van der Waals surface area contributed by atoms with Crippen LogP contribution in [0.3, 0.4) is 0 Å². The van der Waals surface area contributed by atoms with Crippen LogP contribution < -0.4 is 4.74 Å². The Morgan fingerprint density at radius 3 is 2.83 bits per heavy atom. The second-order valence-corrected chi connectivity index (χ2v) is 8.07. The second-order valence-electron chi connectivity index (χ2n) is 8.07. The fraction of sp³-hybridized carbons (Fsp3) is 0.524. The molecule has 7 nitrogen and oxygen atoms in total. The van der Waals surface area contributed by atoms with E-state index in [0.29, 0.717) is 37.4 Å². The molecule has 29 heavy (non-hydrogen) atoms. The van der Waals surface area contributed by atoms with Crippen molar-refractivity contribution in [1.29, 1.82) is 0 Å². The number of aliphatic hydroxyl groups is 1. The lowest BCUT2D eigenvalue weighted by Crippen LogP contribution is -2.56. The molecule has 156 valence electrons. The number of rotatable bonds is 5. The minimum absolute atomic E-state index is 0.0247. The van der Waals surface area contributed by atoms with Gasteiger partial charge in [0.1, 0.15) is 6.10 Å². The highest BCUT2D eigenvalue weighted by Crippen LogP contribution is 2.26. The van der Waals surface area contributed by atoms with Crippen molar-refractivity contribution in [2.75, 3.05) is 32.7 Å². The van der Waals surface area contributed by atoms with Gasteiger partial charge in [-0.1, -0.05) is 12.1 Å². The van der Waals surface area contributed by atoms with Crippen LogP contribution in [0.2, 0.25) is 0 Å². The number of para-hydroxylation sites is 1. The molecule has 1 unspecified atom stereocenters. The summed E-state index contributed by atoms with van der Waals surface area (Å²) in [7, 11) is 0. The second kappa shape index (κ2) is 8.51. The molecule has 0 saturated carbocycles. The molecule has 8 heteroatoms. The van der Waals surface area contributed by atoms with Crippen molar-refractivity contribution in [2.24, 2.45) is 0 Å². The molecule has 0 spiro atoms. The van der Waals surface area contributed by atoms with Crippen molar-refractivity contribution in [3.63, 3.8) is 0 Å². The van der Waals surface area contributed by atoms with Crippen LogP contribution in [0, 0.1) is 5.82 Å². The molecular formula is C21H27FN4O3. The largest absolute Gasteiger partial charge is 0.487 e. The van der Waals surface area contributed by atoms with Crippen LogP contribution in [-0.2, 0) is 0 Å². The smallest absolute Gasteiger partial charge is 0.257 e. The third-order valence-corrected chi connectivity index (χ3v) is 5.77. The monoisotopic (exact) mass is 402 g/mol. The van der Waals surface area contributed by atoms with E-state index in [-0.39, 0.29) is 17.8 Å². The lowest BCUT2D eigenvalue weighted by molar-refractivity contribution is -0.0540. The molecule has 2 fully saturated rings. The number of H-pyrrole nitrogens is 1. The van der Waals surface area contributed by atoms with Crippen LogP contribution in [0.1, 0.15) is 36.0 Å². The van der Waals surface area contributed by atoms with Gasteiger partial charge in [-0.05, 0) is 37.8 Å². The first kappa shape index (κ1) is 19.8. The van der Waals surface area contributed by atoms with E-state index in [4.69, 9.17) is 4.74 Å². The lowest BCUT2D eigenvalue weighted by atomic mass is 9.91. The zero-order valence-electron chi connectivity index (χ0n) is 16.4. The molecule has 2 aliphatic rings. The van der Waals surface area contributed by atoms with E-state index in [1.54, 1.807) is 29.3 Å². The van der Waals surface area contributed by atoms with E-state index in [0.717, 1.165) is 32.4 Å². The van der Waals surface area contributed by atoms with Crippen LogP contribution in [0.4, 0.5) is 4.39 Å². The Bertz CT molecular complexity index is 823. The molecule has 2 saturated heterocycles. The third kappa shape index (κ3) is 4.76. The molecule has 0 aliphatic carbocycles. The maximum absolute atomic E-state index is 13.8. The van der Waals surface area contributed by atoms with Gasteiger partial charge in [0.05, 0.1) is 23.9 Å². The zero-order chi connectivity index (χ0) is 20.3. The highest BCUT2D eigenvalue weighted by Gasteiger charge is 2.38. The molecular weight excluding hydrogens is 375 g/mol. The Morgan fingerprint density at radius 1 is 1.31 bits per heavy atom. The van der Waals surface area contributed by atoms with E-state index >= 15 is 0 Å². The first-order valence-electron chi connectivity index (χ1n) is 10.2. The molecule has 1 amide bonds. The number of carbonyl (C=O) groups is 1. The number of benzene rings is 1. The summed E-state index contributed by atoms with van der Waals surface area (Å²) in [5.41, 5.74) is -0.406. The van der Waals surface area contributed by atoms with Crippen molar-refractivity contribution < 1.29 is 19.0 Å². The minimum atomic E-state index is -0.920. The number of β-amino-alcohol motifs (C(OH)–C–C–N with tert-alkyl or cyclic N) is 1. The van der Waals surface area contributed by atoms with Gasteiger partial charge in [0, 0.05) is 32.4 Å². The maximum atomic E-state index is 13.8. The quantitative estimate of drug-likeness (QED) is 0.800. The van der Waals surface area contributed by atoms with Crippen LogP contribution in [0.15, 0.2) is 36.7 Å². The number of nitrogens with zero attached hydrogens (tertiary/aromatic N) is 3. The summed E-state index contributed by atoms with van der Waals surface area (Å²) >= 11 is 0. The van der Waals surface area contributed by atoms with Gasteiger partial charge in [0.15, 0.2) is 11.6 Å². The zero-order valence-corrected chi connectivity index (χ0v) is 16.4. The highest BCUT2D eigenvalue weighted by atomic mass is 19.1. The fourth-order valence-corrected chi connectivity index (χ4v) is 4.29. The minimum Gasteiger partial charge on any atom is -0.487 e. The first-order chi connectivity index (χ1) is 14.0. The van der Waals surface area contributed by atoms with Crippen molar-refractivity contribution in [3.8, 4) is 5.75 Å². The summed E-state index contributed by atoms with van der Waals surface area (Å²) < 4.78 is 19.6. The number of piperidine rings is 2. The number of likely N-dealkylation sites (tertiary alicyclic amines) is 2. The lowest BCUT2D eigenvalue weighted by Gasteiger charge is -2.43. The number of carbonyl (C=O) groups excluding carboxylic acids is 1. The normalized spacial score (nSPS) is 23.9. The number of aromatic nitrogens is 2.